The van der Waals surface area contributed by atoms with Crippen molar-refractivity contribution in [3.8, 4) is 5.69 Å². The minimum absolute atomic E-state index is 0.308. The molecule has 0 saturated carbocycles. The van der Waals surface area contributed by atoms with Crippen LogP contribution < -0.4 is 5.32 Å². The number of hydrogen-bond donors (Lipinski definition) is 1. The van der Waals surface area contributed by atoms with E-state index >= 15 is 0 Å². The molecule has 2 rings (SSSR count). The molecule has 0 fully saturated rings. The summed E-state index contributed by atoms with van der Waals surface area (Å²) >= 11 is 5.82. The number of nitrogens with one attached hydrogen (secondary N) is 1. The largest absolute Gasteiger partial charge is 0.310 e. The fraction of sp³-hybridized carbons (Fsp3) is 0.308. The van der Waals surface area contributed by atoms with E-state index in [0.29, 0.717) is 23.3 Å². The number of hydrogen-bond acceptors (Lipinski definition) is 2. The molecule has 1 aromatic heterocycles. The van der Waals surface area contributed by atoms with Crippen LogP contribution in [0.3, 0.4) is 0 Å². The Morgan fingerprint density at radius 3 is 2.83 bits per heavy atom. The van der Waals surface area contributed by atoms with Crippen molar-refractivity contribution in [2.45, 2.75) is 26.4 Å². The summed E-state index contributed by atoms with van der Waals surface area (Å²) in [6.07, 6.45) is 3.09. The maximum Gasteiger partial charge on any atom is 0.149 e. The molecule has 3 nitrogen and oxygen atoms in total. The third kappa shape index (κ3) is 2.89. The summed E-state index contributed by atoms with van der Waals surface area (Å²) in [4.78, 5) is 0. The van der Waals surface area contributed by atoms with Gasteiger partial charge < -0.3 is 5.32 Å². The number of aromatic nitrogens is 2. The summed E-state index contributed by atoms with van der Waals surface area (Å²) in [6, 6.07) is 5.33. The zero-order valence-corrected chi connectivity index (χ0v) is 11.1. The predicted octanol–water partition coefficient (Wildman–Crippen LogP) is 3.16. The number of benzene rings is 1. The number of rotatable bonds is 4. The topological polar surface area (TPSA) is 29.9 Å². The molecule has 1 heterocycles. The first-order chi connectivity index (χ1) is 8.58. The van der Waals surface area contributed by atoms with Crippen molar-refractivity contribution < 1.29 is 4.39 Å². The van der Waals surface area contributed by atoms with Crippen LogP contribution in [-0.2, 0) is 6.54 Å². The van der Waals surface area contributed by atoms with Crippen molar-refractivity contribution in [2.24, 2.45) is 0 Å². The van der Waals surface area contributed by atoms with Gasteiger partial charge in [-0.2, -0.15) is 5.10 Å². The molecule has 0 bridgehead atoms. The lowest BCUT2D eigenvalue weighted by atomic mass is 10.1. The van der Waals surface area contributed by atoms with Gasteiger partial charge in [0.15, 0.2) is 0 Å². The molecule has 2 aromatic rings. The SMILES string of the molecule is CC(C)NCc1cccc(F)c1-n1cc(Cl)cn1. The lowest BCUT2D eigenvalue weighted by Gasteiger charge is -2.13. The Hall–Kier alpha value is -1.39. The smallest absolute Gasteiger partial charge is 0.149 e. The minimum atomic E-state index is -0.308. The third-order valence-electron chi connectivity index (χ3n) is 2.55. The van der Waals surface area contributed by atoms with E-state index in [1.165, 1.54) is 16.9 Å². The second kappa shape index (κ2) is 5.50. The lowest BCUT2D eigenvalue weighted by Crippen LogP contribution is -2.23. The monoisotopic (exact) mass is 267 g/mol. The van der Waals surface area contributed by atoms with Crippen LogP contribution in [0.5, 0.6) is 0 Å². The highest BCUT2D eigenvalue weighted by atomic mass is 35.5. The molecule has 0 aliphatic carbocycles. The van der Waals surface area contributed by atoms with Crippen molar-refractivity contribution in [2.75, 3.05) is 0 Å². The second-order valence-corrected chi connectivity index (χ2v) is 4.82. The highest BCUT2D eigenvalue weighted by Gasteiger charge is 2.11. The fourth-order valence-electron chi connectivity index (χ4n) is 1.70. The third-order valence-corrected chi connectivity index (χ3v) is 2.75. The van der Waals surface area contributed by atoms with E-state index in [1.807, 2.05) is 19.9 Å². The van der Waals surface area contributed by atoms with Crippen LogP contribution in [0.1, 0.15) is 19.4 Å². The summed E-state index contributed by atoms with van der Waals surface area (Å²) in [5, 5.41) is 7.80. The molecule has 0 spiro atoms. The van der Waals surface area contributed by atoms with Gasteiger partial charge in [-0.15, -0.1) is 0 Å². The van der Waals surface area contributed by atoms with Gasteiger partial charge in [-0.3, -0.25) is 0 Å². The van der Waals surface area contributed by atoms with E-state index in [9.17, 15) is 4.39 Å². The van der Waals surface area contributed by atoms with Crippen molar-refractivity contribution in [3.05, 3.63) is 47.0 Å². The highest BCUT2D eigenvalue weighted by Crippen LogP contribution is 2.20. The Bertz CT molecular complexity index is 537. The Balaban J connectivity index is 2.38. The van der Waals surface area contributed by atoms with Crippen LogP contribution >= 0.6 is 11.6 Å². The Morgan fingerprint density at radius 1 is 1.44 bits per heavy atom. The van der Waals surface area contributed by atoms with Crippen molar-refractivity contribution in [1.82, 2.24) is 15.1 Å². The zero-order chi connectivity index (χ0) is 13.1. The molecule has 0 radical (unpaired) electrons. The fourth-order valence-corrected chi connectivity index (χ4v) is 1.83. The molecule has 0 unspecified atom stereocenters. The van der Waals surface area contributed by atoms with Gasteiger partial charge in [-0.1, -0.05) is 37.6 Å². The lowest BCUT2D eigenvalue weighted by molar-refractivity contribution is 0.573. The quantitative estimate of drug-likeness (QED) is 0.922. The van der Waals surface area contributed by atoms with Crippen molar-refractivity contribution in [3.63, 3.8) is 0 Å². The molecule has 5 heteroatoms. The van der Waals surface area contributed by atoms with Crippen molar-refractivity contribution >= 4 is 11.6 Å². The molecule has 0 atom stereocenters. The number of halogens is 2. The van der Waals surface area contributed by atoms with E-state index in [4.69, 9.17) is 11.6 Å². The Morgan fingerprint density at radius 2 is 2.22 bits per heavy atom. The first-order valence-electron chi connectivity index (χ1n) is 5.79. The van der Waals surface area contributed by atoms with Gasteiger partial charge in [0.05, 0.1) is 11.2 Å². The molecule has 18 heavy (non-hydrogen) atoms. The van der Waals surface area contributed by atoms with Crippen molar-refractivity contribution in [1.29, 1.82) is 0 Å². The highest BCUT2D eigenvalue weighted by molar-refractivity contribution is 6.30. The van der Waals surface area contributed by atoms with E-state index < -0.39 is 0 Å². The zero-order valence-electron chi connectivity index (χ0n) is 10.3. The predicted molar refractivity (Wildman–Crippen MR) is 70.5 cm³/mol. The van der Waals surface area contributed by atoms with Gasteiger partial charge in [0, 0.05) is 18.8 Å². The number of para-hydroxylation sites is 1. The molecule has 1 aromatic carbocycles. The second-order valence-electron chi connectivity index (χ2n) is 4.39. The minimum Gasteiger partial charge on any atom is -0.310 e. The van der Waals surface area contributed by atoms with Gasteiger partial charge in [-0.05, 0) is 11.6 Å². The average Bonchev–Trinajstić information content (AvgIpc) is 2.72. The summed E-state index contributed by atoms with van der Waals surface area (Å²) < 4.78 is 15.4. The van der Waals surface area contributed by atoms with Crippen LogP contribution in [0.25, 0.3) is 5.69 Å². The summed E-state index contributed by atoms with van der Waals surface area (Å²) in [6.45, 7) is 4.68. The Labute approximate surface area is 111 Å². The molecular formula is C13H15ClFN3. The van der Waals surface area contributed by atoms with Crippen LogP contribution in [0.15, 0.2) is 30.6 Å². The molecule has 0 saturated heterocycles. The van der Waals surface area contributed by atoms with E-state index in [2.05, 4.69) is 10.4 Å². The summed E-state index contributed by atoms with van der Waals surface area (Å²) in [5.74, 6) is -0.308. The van der Waals surface area contributed by atoms with Crippen LogP contribution in [0.2, 0.25) is 5.02 Å². The Kier molecular flexibility index (Phi) is 3.99. The molecule has 0 aliphatic rings. The van der Waals surface area contributed by atoms with Gasteiger partial charge in [0.2, 0.25) is 0 Å². The van der Waals surface area contributed by atoms with Gasteiger partial charge >= 0.3 is 0 Å². The molecule has 0 aliphatic heterocycles. The summed E-state index contributed by atoms with van der Waals surface area (Å²) in [7, 11) is 0. The molecular weight excluding hydrogens is 253 g/mol. The van der Waals surface area contributed by atoms with E-state index in [1.54, 1.807) is 12.3 Å². The maximum atomic E-state index is 13.9. The molecule has 0 amide bonds. The van der Waals surface area contributed by atoms with Gasteiger partial charge in [0.25, 0.3) is 0 Å². The normalized spacial score (nSPS) is 11.2. The van der Waals surface area contributed by atoms with E-state index in [-0.39, 0.29) is 5.82 Å². The van der Waals surface area contributed by atoms with Gasteiger partial charge in [0.1, 0.15) is 11.5 Å². The van der Waals surface area contributed by atoms with Crippen LogP contribution in [-0.4, -0.2) is 15.8 Å². The van der Waals surface area contributed by atoms with Gasteiger partial charge in [-0.25, -0.2) is 9.07 Å². The standard InChI is InChI=1S/C13H15ClFN3/c1-9(2)16-6-10-4-3-5-12(15)13(10)18-8-11(14)7-17-18/h3-5,7-9,16H,6H2,1-2H3. The van der Waals surface area contributed by atoms with Crippen LogP contribution in [0.4, 0.5) is 4.39 Å². The van der Waals surface area contributed by atoms with Crippen LogP contribution in [0, 0.1) is 5.82 Å². The van der Waals surface area contributed by atoms with E-state index in [0.717, 1.165) is 5.56 Å². The first-order valence-corrected chi connectivity index (χ1v) is 6.17. The maximum absolute atomic E-state index is 13.9. The average molecular weight is 268 g/mol. The first kappa shape index (κ1) is 13.1. The molecule has 1 N–H and O–H groups in total. The summed E-state index contributed by atoms with van der Waals surface area (Å²) in [5.41, 5.74) is 1.29. The molecule has 96 valence electrons. The number of nitrogens with zero attached hydrogens (tertiary/aromatic N) is 2.